The van der Waals surface area contributed by atoms with E-state index < -0.39 is 0 Å². The Hall–Kier alpha value is -2.37. The molecule has 0 radical (unpaired) electrons. The molecule has 2 aliphatic heterocycles. The van der Waals surface area contributed by atoms with Gasteiger partial charge < -0.3 is 14.4 Å². The molecular weight excluding hydrogens is 388 g/mol. The monoisotopic (exact) mass is 422 g/mol. The molecule has 2 aliphatic rings. The Bertz CT molecular complexity index is 834. The van der Waals surface area contributed by atoms with Gasteiger partial charge in [0.25, 0.3) is 5.91 Å². The van der Waals surface area contributed by atoms with Crippen molar-refractivity contribution in [2.75, 3.05) is 32.8 Å². The van der Waals surface area contributed by atoms with Crippen LogP contribution in [-0.4, -0.2) is 60.6 Å². The van der Waals surface area contributed by atoms with Crippen molar-refractivity contribution in [1.29, 1.82) is 0 Å². The van der Waals surface area contributed by atoms with Gasteiger partial charge in [-0.15, -0.1) is 0 Å². The van der Waals surface area contributed by atoms with Gasteiger partial charge in [-0.25, -0.2) is 0 Å². The maximum Gasteiger partial charge on any atom is 0.257 e. The van der Waals surface area contributed by atoms with Crippen LogP contribution in [0.25, 0.3) is 0 Å². The number of carbonyl (C=O) groups is 1. The lowest BCUT2D eigenvalue weighted by Crippen LogP contribution is -2.49. The number of piperidine rings is 1. The van der Waals surface area contributed by atoms with E-state index in [-0.39, 0.29) is 5.91 Å². The first-order valence-electron chi connectivity index (χ1n) is 11.6. The number of amides is 1. The Labute approximate surface area is 185 Å². The van der Waals surface area contributed by atoms with Crippen LogP contribution in [0.1, 0.15) is 48.5 Å². The summed E-state index contributed by atoms with van der Waals surface area (Å²) in [7, 11) is 0. The summed E-state index contributed by atoms with van der Waals surface area (Å²) in [5.74, 6) is 0.777. The predicted molar refractivity (Wildman–Crippen MR) is 122 cm³/mol. The maximum absolute atomic E-state index is 13.1. The first-order chi connectivity index (χ1) is 15.3. The Morgan fingerprint density at radius 2 is 1.71 bits per heavy atom. The minimum absolute atomic E-state index is 0.0895. The van der Waals surface area contributed by atoms with E-state index in [0.717, 1.165) is 39.1 Å². The van der Waals surface area contributed by atoms with Crippen molar-refractivity contribution in [3.05, 3.63) is 65.7 Å². The molecule has 1 atom stereocenters. The highest BCUT2D eigenvalue weighted by Crippen LogP contribution is 2.28. The summed E-state index contributed by atoms with van der Waals surface area (Å²) in [5, 5.41) is 0. The molecule has 31 heavy (non-hydrogen) atoms. The number of carbonyl (C=O) groups excluding carboxylic acids is 1. The normalized spacial score (nSPS) is 20.2. The summed E-state index contributed by atoms with van der Waals surface area (Å²) in [5.41, 5.74) is 1.90. The number of rotatable bonds is 8. The Morgan fingerprint density at radius 1 is 0.968 bits per heavy atom. The number of ether oxygens (including phenoxy) is 2. The second kappa shape index (κ2) is 10.8. The largest absolute Gasteiger partial charge is 0.493 e. The van der Waals surface area contributed by atoms with Crippen molar-refractivity contribution < 1.29 is 14.3 Å². The van der Waals surface area contributed by atoms with Crippen LogP contribution in [0.4, 0.5) is 0 Å². The van der Waals surface area contributed by atoms with Gasteiger partial charge in [0.05, 0.1) is 25.4 Å². The van der Waals surface area contributed by atoms with Gasteiger partial charge in [0.15, 0.2) is 0 Å². The molecule has 5 nitrogen and oxygen atoms in total. The minimum atomic E-state index is 0.0895. The topological polar surface area (TPSA) is 42.0 Å². The van der Waals surface area contributed by atoms with Gasteiger partial charge in [-0.1, -0.05) is 42.5 Å². The van der Waals surface area contributed by atoms with Gasteiger partial charge in [0.1, 0.15) is 5.75 Å². The van der Waals surface area contributed by atoms with Crippen LogP contribution in [0, 0.1) is 0 Å². The highest BCUT2D eigenvalue weighted by Gasteiger charge is 2.34. The third-order valence-electron chi connectivity index (χ3n) is 6.48. The van der Waals surface area contributed by atoms with Gasteiger partial charge in [0.2, 0.25) is 0 Å². The lowest BCUT2D eigenvalue weighted by molar-refractivity contribution is 0.0313. The van der Waals surface area contributed by atoms with E-state index in [4.69, 9.17) is 9.47 Å². The molecule has 0 N–H and O–H groups in total. The lowest BCUT2D eigenvalue weighted by Gasteiger charge is -2.39. The molecule has 5 heteroatoms. The predicted octanol–water partition coefficient (Wildman–Crippen LogP) is 4.37. The molecule has 2 fully saturated rings. The fourth-order valence-corrected chi connectivity index (χ4v) is 4.90. The Balaban J connectivity index is 1.28. The van der Waals surface area contributed by atoms with Crippen molar-refractivity contribution in [2.45, 2.75) is 51.3 Å². The smallest absolute Gasteiger partial charge is 0.257 e. The fraction of sp³-hybridized carbons (Fsp3) is 0.500. The molecule has 4 rings (SSSR count). The molecule has 0 spiro atoms. The van der Waals surface area contributed by atoms with Crippen molar-refractivity contribution in [3.63, 3.8) is 0 Å². The van der Waals surface area contributed by atoms with Crippen molar-refractivity contribution in [3.8, 4) is 5.75 Å². The van der Waals surface area contributed by atoms with Crippen LogP contribution >= 0.6 is 0 Å². The lowest BCUT2D eigenvalue weighted by atomic mass is 10.0. The van der Waals surface area contributed by atoms with E-state index in [1.165, 1.54) is 18.4 Å². The molecule has 0 aromatic heterocycles. The van der Waals surface area contributed by atoms with Crippen molar-refractivity contribution in [1.82, 2.24) is 9.80 Å². The first kappa shape index (κ1) is 21.8. The van der Waals surface area contributed by atoms with Crippen LogP contribution in [0.2, 0.25) is 0 Å². The molecule has 0 bridgehead atoms. The van der Waals surface area contributed by atoms with Crippen LogP contribution in [0.3, 0.4) is 0 Å². The first-order valence-corrected chi connectivity index (χ1v) is 11.6. The van der Waals surface area contributed by atoms with Gasteiger partial charge in [0, 0.05) is 25.2 Å². The molecular formula is C26H34N2O3. The Morgan fingerprint density at radius 3 is 2.48 bits per heavy atom. The third-order valence-corrected chi connectivity index (χ3v) is 6.48. The summed E-state index contributed by atoms with van der Waals surface area (Å²) in [6.07, 6.45) is 4.49. The van der Waals surface area contributed by atoms with Crippen LogP contribution in [0.15, 0.2) is 54.6 Å². The summed E-state index contributed by atoms with van der Waals surface area (Å²) in [6.45, 7) is 6.73. The molecule has 2 heterocycles. The fourth-order valence-electron chi connectivity index (χ4n) is 4.90. The molecule has 2 aromatic carbocycles. The van der Waals surface area contributed by atoms with Crippen LogP contribution in [-0.2, 0) is 11.3 Å². The number of para-hydroxylation sites is 1. The van der Waals surface area contributed by atoms with Crippen molar-refractivity contribution in [2.24, 2.45) is 0 Å². The Kier molecular flexibility index (Phi) is 7.60. The van der Waals surface area contributed by atoms with Gasteiger partial charge in [-0.3, -0.25) is 9.69 Å². The standard InChI is InChI=1S/C26H34N2O3/c1-2-31-25-13-7-6-12-24(25)26(29)27-17-14-22(15-18-27)28-16-8-11-23(28)20-30-19-21-9-4-3-5-10-21/h3-7,9-10,12-13,22-23H,2,8,11,14-20H2,1H3/t23-/m0/s1. The van der Waals surface area contributed by atoms with E-state index in [9.17, 15) is 4.79 Å². The zero-order valence-corrected chi connectivity index (χ0v) is 18.5. The molecule has 0 aliphatic carbocycles. The zero-order valence-electron chi connectivity index (χ0n) is 18.5. The summed E-state index contributed by atoms with van der Waals surface area (Å²) >= 11 is 0. The molecule has 1 amide bonds. The summed E-state index contributed by atoms with van der Waals surface area (Å²) < 4.78 is 11.7. The van der Waals surface area contributed by atoms with Crippen LogP contribution in [0.5, 0.6) is 5.75 Å². The van der Waals surface area contributed by atoms with Crippen molar-refractivity contribution >= 4 is 5.91 Å². The number of hydrogen-bond acceptors (Lipinski definition) is 4. The number of likely N-dealkylation sites (tertiary alicyclic amines) is 2. The second-order valence-corrected chi connectivity index (χ2v) is 8.49. The SMILES string of the molecule is CCOc1ccccc1C(=O)N1CCC(N2CCC[C@H]2COCc2ccccc2)CC1. The zero-order chi connectivity index (χ0) is 21.5. The summed E-state index contributed by atoms with van der Waals surface area (Å²) in [4.78, 5) is 17.7. The average Bonchev–Trinajstić information content (AvgIpc) is 3.29. The molecule has 2 aromatic rings. The quantitative estimate of drug-likeness (QED) is 0.634. The van der Waals surface area contributed by atoms with E-state index in [0.29, 0.717) is 36.6 Å². The maximum atomic E-state index is 13.1. The van der Waals surface area contributed by atoms with Crippen LogP contribution < -0.4 is 4.74 Å². The van der Waals surface area contributed by atoms with Gasteiger partial charge in [-0.2, -0.15) is 0 Å². The van der Waals surface area contributed by atoms with E-state index in [1.807, 2.05) is 42.2 Å². The van der Waals surface area contributed by atoms with Gasteiger partial charge in [-0.05, 0) is 56.8 Å². The van der Waals surface area contributed by atoms with E-state index >= 15 is 0 Å². The highest BCUT2D eigenvalue weighted by molar-refractivity contribution is 5.97. The van der Waals surface area contributed by atoms with E-state index in [1.54, 1.807) is 0 Å². The molecule has 0 unspecified atom stereocenters. The third kappa shape index (κ3) is 5.46. The minimum Gasteiger partial charge on any atom is -0.493 e. The highest BCUT2D eigenvalue weighted by atomic mass is 16.5. The number of benzene rings is 2. The second-order valence-electron chi connectivity index (χ2n) is 8.49. The average molecular weight is 423 g/mol. The number of hydrogen-bond donors (Lipinski definition) is 0. The van der Waals surface area contributed by atoms with Gasteiger partial charge >= 0.3 is 0 Å². The number of nitrogens with zero attached hydrogens (tertiary/aromatic N) is 2. The summed E-state index contributed by atoms with van der Waals surface area (Å²) in [6, 6.07) is 19.0. The molecule has 166 valence electrons. The van der Waals surface area contributed by atoms with E-state index in [2.05, 4.69) is 29.2 Å². The molecule has 2 saturated heterocycles. The molecule has 0 saturated carbocycles.